The van der Waals surface area contributed by atoms with Crippen molar-refractivity contribution in [2.75, 3.05) is 30.3 Å². The number of anilines is 1. The van der Waals surface area contributed by atoms with Crippen LogP contribution >= 0.6 is 0 Å². The first-order chi connectivity index (χ1) is 14.7. The minimum Gasteiger partial charge on any atom is -0.494 e. The van der Waals surface area contributed by atoms with Crippen LogP contribution in [-0.2, 0) is 14.8 Å². The molecule has 0 saturated heterocycles. The summed E-state index contributed by atoms with van der Waals surface area (Å²) in [5.41, 5.74) is 1.59. The van der Waals surface area contributed by atoms with Crippen molar-refractivity contribution in [3.05, 3.63) is 54.1 Å². The first-order valence-corrected chi connectivity index (χ1v) is 12.2. The molecule has 1 amide bonds. The number of para-hydroxylation sites is 1. The molecule has 0 aliphatic rings. The molecule has 0 radical (unpaired) electrons. The fraction of sp³-hybridized carbons (Fsp3) is 0.435. The maximum Gasteiger partial charge on any atom is 0.232 e. The normalized spacial score (nSPS) is 12.1. The lowest BCUT2D eigenvalue weighted by Gasteiger charge is -2.23. The summed E-state index contributed by atoms with van der Waals surface area (Å²) in [7, 11) is -3.47. The van der Waals surface area contributed by atoms with Crippen LogP contribution in [0.2, 0.25) is 0 Å². The average molecular weight is 449 g/mol. The van der Waals surface area contributed by atoms with Gasteiger partial charge in [-0.1, -0.05) is 18.2 Å². The van der Waals surface area contributed by atoms with Crippen LogP contribution in [0.25, 0.3) is 0 Å². The van der Waals surface area contributed by atoms with Gasteiger partial charge in [0.1, 0.15) is 18.1 Å². The van der Waals surface area contributed by atoms with Gasteiger partial charge in [0, 0.05) is 13.0 Å². The zero-order valence-electron chi connectivity index (χ0n) is 18.6. The van der Waals surface area contributed by atoms with Crippen LogP contribution < -0.4 is 19.1 Å². The summed E-state index contributed by atoms with van der Waals surface area (Å²) in [4.78, 5) is 12.3. The molecule has 7 nitrogen and oxygen atoms in total. The van der Waals surface area contributed by atoms with Crippen molar-refractivity contribution in [2.24, 2.45) is 0 Å². The topological polar surface area (TPSA) is 84.9 Å². The monoisotopic (exact) mass is 448 g/mol. The van der Waals surface area contributed by atoms with Gasteiger partial charge in [0.25, 0.3) is 0 Å². The van der Waals surface area contributed by atoms with Gasteiger partial charge in [0.05, 0.1) is 24.6 Å². The van der Waals surface area contributed by atoms with Gasteiger partial charge in [-0.15, -0.1) is 0 Å². The molecule has 2 aromatic rings. The molecule has 8 heteroatoms. The average Bonchev–Trinajstić information content (AvgIpc) is 2.71. The summed E-state index contributed by atoms with van der Waals surface area (Å²) in [6.07, 6.45) is 1.78. The van der Waals surface area contributed by atoms with E-state index >= 15 is 0 Å². The van der Waals surface area contributed by atoms with Gasteiger partial charge < -0.3 is 14.8 Å². The Labute approximate surface area is 185 Å². The molecule has 0 heterocycles. The lowest BCUT2D eigenvalue weighted by molar-refractivity contribution is -0.121. The third-order valence-corrected chi connectivity index (χ3v) is 5.78. The molecule has 1 atom stereocenters. The molecule has 1 N–H and O–H groups in total. The predicted octanol–water partition coefficient (Wildman–Crippen LogP) is 3.52. The standard InChI is InChI=1S/C23H32N2O5S/c1-5-29-21-14-12-20(13-15-21)25(31(4,27)28)16-8-11-23(26)24-19(3)17-30-22-10-7-6-9-18(22)2/h6-7,9-10,12-15,19H,5,8,11,16-17H2,1-4H3,(H,24,26)/t19-/m0/s1. The van der Waals surface area contributed by atoms with Crippen LogP contribution in [0.4, 0.5) is 5.69 Å². The highest BCUT2D eigenvalue weighted by Crippen LogP contribution is 2.22. The molecule has 0 unspecified atom stereocenters. The van der Waals surface area contributed by atoms with Crippen LogP contribution in [0, 0.1) is 6.92 Å². The van der Waals surface area contributed by atoms with Crippen molar-refractivity contribution in [3.8, 4) is 11.5 Å². The quantitative estimate of drug-likeness (QED) is 0.537. The Kier molecular flexibility index (Phi) is 9.18. The summed E-state index contributed by atoms with van der Waals surface area (Å²) in [6, 6.07) is 14.4. The molecular formula is C23H32N2O5S. The minimum atomic E-state index is -3.47. The van der Waals surface area contributed by atoms with E-state index in [0.717, 1.165) is 17.6 Å². The van der Waals surface area contributed by atoms with E-state index < -0.39 is 10.0 Å². The molecule has 31 heavy (non-hydrogen) atoms. The summed E-state index contributed by atoms with van der Waals surface area (Å²) < 4.78 is 36.9. The van der Waals surface area contributed by atoms with Crippen molar-refractivity contribution in [3.63, 3.8) is 0 Å². The smallest absolute Gasteiger partial charge is 0.232 e. The Morgan fingerprint density at radius 1 is 1.10 bits per heavy atom. The number of hydrogen-bond donors (Lipinski definition) is 1. The predicted molar refractivity (Wildman–Crippen MR) is 123 cm³/mol. The zero-order valence-corrected chi connectivity index (χ0v) is 19.4. The highest BCUT2D eigenvalue weighted by molar-refractivity contribution is 7.92. The molecule has 2 aromatic carbocycles. The van der Waals surface area contributed by atoms with Crippen LogP contribution in [-0.4, -0.2) is 46.4 Å². The summed E-state index contributed by atoms with van der Waals surface area (Å²) in [6.45, 7) is 6.85. The van der Waals surface area contributed by atoms with E-state index in [-0.39, 0.29) is 24.9 Å². The second kappa shape index (κ2) is 11.6. The van der Waals surface area contributed by atoms with E-state index in [2.05, 4.69) is 5.32 Å². The molecule has 2 rings (SSSR count). The van der Waals surface area contributed by atoms with E-state index in [1.807, 2.05) is 45.0 Å². The molecule has 0 aliphatic heterocycles. The van der Waals surface area contributed by atoms with Crippen molar-refractivity contribution in [2.45, 2.75) is 39.7 Å². The largest absolute Gasteiger partial charge is 0.494 e. The molecule has 0 bridgehead atoms. The van der Waals surface area contributed by atoms with E-state index in [1.165, 1.54) is 4.31 Å². The number of nitrogens with zero attached hydrogens (tertiary/aromatic N) is 1. The number of ether oxygens (including phenoxy) is 2. The van der Waals surface area contributed by atoms with Crippen molar-refractivity contribution >= 4 is 21.6 Å². The molecule has 0 saturated carbocycles. The third kappa shape index (κ3) is 8.13. The first kappa shape index (κ1) is 24.5. The number of rotatable bonds is 12. The lowest BCUT2D eigenvalue weighted by Crippen LogP contribution is -2.37. The fourth-order valence-electron chi connectivity index (χ4n) is 3.07. The number of benzene rings is 2. The Morgan fingerprint density at radius 3 is 2.39 bits per heavy atom. The Hall–Kier alpha value is -2.74. The Balaban J connectivity index is 1.83. The maximum absolute atomic E-state index is 12.3. The molecule has 0 aromatic heterocycles. The molecule has 0 aliphatic carbocycles. The summed E-state index contributed by atoms with van der Waals surface area (Å²) >= 11 is 0. The van der Waals surface area contributed by atoms with E-state index in [4.69, 9.17) is 9.47 Å². The highest BCUT2D eigenvalue weighted by atomic mass is 32.2. The SMILES string of the molecule is CCOc1ccc(N(CCCC(=O)N[C@@H](C)COc2ccccc2C)S(C)(=O)=O)cc1. The van der Waals surface area contributed by atoms with Gasteiger partial charge in [0.15, 0.2) is 0 Å². The van der Waals surface area contributed by atoms with E-state index in [9.17, 15) is 13.2 Å². The first-order valence-electron chi connectivity index (χ1n) is 10.4. The van der Waals surface area contributed by atoms with Crippen LogP contribution in [0.3, 0.4) is 0 Å². The zero-order chi connectivity index (χ0) is 22.9. The van der Waals surface area contributed by atoms with E-state index in [0.29, 0.717) is 31.1 Å². The molecule has 170 valence electrons. The van der Waals surface area contributed by atoms with Gasteiger partial charge in [-0.25, -0.2) is 8.42 Å². The van der Waals surface area contributed by atoms with Gasteiger partial charge in [-0.05, 0) is 63.1 Å². The van der Waals surface area contributed by atoms with Crippen molar-refractivity contribution in [1.82, 2.24) is 5.32 Å². The number of sulfonamides is 1. The number of nitrogens with one attached hydrogen (secondary N) is 1. The highest BCUT2D eigenvalue weighted by Gasteiger charge is 2.18. The van der Waals surface area contributed by atoms with Crippen LogP contribution in [0.1, 0.15) is 32.3 Å². The van der Waals surface area contributed by atoms with Gasteiger partial charge in [-0.2, -0.15) is 0 Å². The number of carbonyl (C=O) groups is 1. The van der Waals surface area contributed by atoms with Gasteiger partial charge in [0.2, 0.25) is 15.9 Å². The fourth-order valence-corrected chi connectivity index (χ4v) is 4.03. The molecule has 0 fully saturated rings. The number of aryl methyl sites for hydroxylation is 1. The number of carbonyl (C=O) groups excluding carboxylic acids is 1. The van der Waals surface area contributed by atoms with E-state index in [1.54, 1.807) is 24.3 Å². The second-order valence-corrected chi connectivity index (χ2v) is 9.32. The van der Waals surface area contributed by atoms with Gasteiger partial charge in [-0.3, -0.25) is 9.10 Å². The van der Waals surface area contributed by atoms with Crippen molar-refractivity contribution in [1.29, 1.82) is 0 Å². The lowest BCUT2D eigenvalue weighted by atomic mass is 10.2. The Bertz CT molecular complexity index is 945. The van der Waals surface area contributed by atoms with Crippen molar-refractivity contribution < 1.29 is 22.7 Å². The molecule has 0 spiro atoms. The second-order valence-electron chi connectivity index (χ2n) is 7.41. The van der Waals surface area contributed by atoms with Gasteiger partial charge >= 0.3 is 0 Å². The van der Waals surface area contributed by atoms with Crippen LogP contribution in [0.15, 0.2) is 48.5 Å². The third-order valence-electron chi connectivity index (χ3n) is 4.59. The Morgan fingerprint density at radius 2 is 1.77 bits per heavy atom. The number of hydrogen-bond acceptors (Lipinski definition) is 5. The van der Waals surface area contributed by atoms with Crippen LogP contribution in [0.5, 0.6) is 11.5 Å². The summed E-state index contributed by atoms with van der Waals surface area (Å²) in [5.74, 6) is 1.34. The summed E-state index contributed by atoms with van der Waals surface area (Å²) in [5, 5.41) is 2.89. The molecular weight excluding hydrogens is 416 g/mol. The minimum absolute atomic E-state index is 0.138. The maximum atomic E-state index is 12.3. The number of amides is 1.